The third kappa shape index (κ3) is 18.9. The van der Waals surface area contributed by atoms with E-state index in [2.05, 4.69) is 31.3 Å². The standard InChI is InChI=1S/C26H51NO2/c1-4-6-7-8-9-10-11-12-13-14-15-16-17-18-19-20-21-22-25(29)27-26(3,24-28)23-5-2/h10-11,28H,4-9,12-24H2,1-3H3,(H,27,29). The lowest BCUT2D eigenvalue weighted by Crippen LogP contribution is -2.48. The Kier molecular flexibility index (Phi) is 19.9. The molecular weight excluding hydrogens is 358 g/mol. The highest BCUT2D eigenvalue weighted by molar-refractivity contribution is 5.76. The minimum atomic E-state index is -0.448. The Balaban J connectivity index is 3.37. The summed E-state index contributed by atoms with van der Waals surface area (Å²) in [4.78, 5) is 12.0. The molecule has 0 saturated heterocycles. The average molecular weight is 410 g/mol. The van der Waals surface area contributed by atoms with Gasteiger partial charge in [0.25, 0.3) is 0 Å². The fourth-order valence-corrected chi connectivity index (χ4v) is 3.84. The number of amides is 1. The number of hydrogen-bond donors (Lipinski definition) is 2. The van der Waals surface area contributed by atoms with Crippen LogP contribution in [0.4, 0.5) is 0 Å². The van der Waals surface area contributed by atoms with Gasteiger partial charge in [-0.2, -0.15) is 0 Å². The van der Waals surface area contributed by atoms with Crippen LogP contribution in [0.1, 0.15) is 136 Å². The molecule has 0 aliphatic rings. The molecule has 0 heterocycles. The van der Waals surface area contributed by atoms with E-state index in [9.17, 15) is 9.90 Å². The molecule has 172 valence electrons. The molecule has 3 heteroatoms. The zero-order chi connectivity index (χ0) is 21.6. The van der Waals surface area contributed by atoms with Crippen molar-refractivity contribution >= 4 is 5.91 Å². The molecule has 1 amide bonds. The van der Waals surface area contributed by atoms with Gasteiger partial charge in [-0.05, 0) is 45.4 Å². The van der Waals surface area contributed by atoms with Crippen molar-refractivity contribution in [3.05, 3.63) is 12.2 Å². The summed E-state index contributed by atoms with van der Waals surface area (Å²) in [6.45, 7) is 6.29. The minimum Gasteiger partial charge on any atom is -0.394 e. The minimum absolute atomic E-state index is 0.0158. The van der Waals surface area contributed by atoms with Crippen molar-refractivity contribution in [2.24, 2.45) is 0 Å². The highest BCUT2D eigenvalue weighted by Gasteiger charge is 2.23. The quantitative estimate of drug-likeness (QED) is 0.152. The van der Waals surface area contributed by atoms with Crippen LogP contribution in [0.5, 0.6) is 0 Å². The van der Waals surface area contributed by atoms with E-state index >= 15 is 0 Å². The van der Waals surface area contributed by atoms with Crippen LogP contribution in [0.15, 0.2) is 12.2 Å². The van der Waals surface area contributed by atoms with E-state index in [1.807, 2.05) is 6.92 Å². The van der Waals surface area contributed by atoms with Crippen LogP contribution in [-0.2, 0) is 4.79 Å². The number of hydrogen-bond acceptors (Lipinski definition) is 2. The summed E-state index contributed by atoms with van der Waals surface area (Å²) in [6.07, 6.45) is 26.5. The predicted octanol–water partition coefficient (Wildman–Crippen LogP) is 7.47. The van der Waals surface area contributed by atoms with Crippen molar-refractivity contribution in [2.45, 2.75) is 142 Å². The topological polar surface area (TPSA) is 49.3 Å². The smallest absolute Gasteiger partial charge is 0.220 e. The van der Waals surface area contributed by atoms with Gasteiger partial charge in [-0.25, -0.2) is 0 Å². The molecule has 29 heavy (non-hydrogen) atoms. The van der Waals surface area contributed by atoms with Gasteiger partial charge in [0.1, 0.15) is 0 Å². The summed E-state index contributed by atoms with van der Waals surface area (Å²) >= 11 is 0. The van der Waals surface area contributed by atoms with Crippen LogP contribution >= 0.6 is 0 Å². The number of allylic oxidation sites excluding steroid dienone is 2. The fraction of sp³-hybridized carbons (Fsp3) is 0.885. The molecule has 0 aliphatic heterocycles. The van der Waals surface area contributed by atoms with Crippen LogP contribution in [-0.4, -0.2) is 23.2 Å². The second-order valence-corrected chi connectivity index (χ2v) is 9.06. The molecule has 0 fully saturated rings. The maximum absolute atomic E-state index is 12.0. The normalized spacial score (nSPS) is 13.7. The lowest BCUT2D eigenvalue weighted by Gasteiger charge is -2.28. The highest BCUT2D eigenvalue weighted by Crippen LogP contribution is 2.14. The Morgan fingerprint density at radius 2 is 1.24 bits per heavy atom. The molecular formula is C26H51NO2. The second-order valence-electron chi connectivity index (χ2n) is 9.06. The van der Waals surface area contributed by atoms with Gasteiger partial charge in [0.15, 0.2) is 0 Å². The molecule has 0 saturated carbocycles. The average Bonchev–Trinajstić information content (AvgIpc) is 2.70. The molecule has 0 radical (unpaired) electrons. The predicted molar refractivity (Wildman–Crippen MR) is 127 cm³/mol. The Morgan fingerprint density at radius 3 is 1.72 bits per heavy atom. The van der Waals surface area contributed by atoms with Gasteiger partial charge in [0, 0.05) is 6.42 Å². The zero-order valence-corrected chi connectivity index (χ0v) is 19.9. The van der Waals surface area contributed by atoms with Gasteiger partial charge in [-0.15, -0.1) is 0 Å². The molecule has 0 aliphatic carbocycles. The molecule has 0 aromatic rings. The van der Waals surface area contributed by atoms with Crippen LogP contribution < -0.4 is 5.32 Å². The van der Waals surface area contributed by atoms with E-state index < -0.39 is 5.54 Å². The van der Waals surface area contributed by atoms with Gasteiger partial charge < -0.3 is 10.4 Å². The summed E-state index contributed by atoms with van der Waals surface area (Å²) in [7, 11) is 0. The van der Waals surface area contributed by atoms with Crippen LogP contribution in [0.25, 0.3) is 0 Å². The lowest BCUT2D eigenvalue weighted by molar-refractivity contribution is -0.123. The molecule has 1 unspecified atom stereocenters. The van der Waals surface area contributed by atoms with E-state index in [4.69, 9.17) is 0 Å². The van der Waals surface area contributed by atoms with Crippen molar-refractivity contribution in [3.8, 4) is 0 Å². The van der Waals surface area contributed by atoms with Crippen molar-refractivity contribution in [2.75, 3.05) is 6.61 Å². The van der Waals surface area contributed by atoms with Gasteiger partial charge in [0.2, 0.25) is 5.91 Å². The summed E-state index contributed by atoms with van der Waals surface area (Å²) in [5.74, 6) is 0.0880. The summed E-state index contributed by atoms with van der Waals surface area (Å²) < 4.78 is 0. The van der Waals surface area contributed by atoms with Gasteiger partial charge in [-0.3, -0.25) is 4.79 Å². The fourth-order valence-electron chi connectivity index (χ4n) is 3.84. The molecule has 1 atom stereocenters. The van der Waals surface area contributed by atoms with Crippen molar-refractivity contribution in [1.82, 2.24) is 5.32 Å². The zero-order valence-electron chi connectivity index (χ0n) is 19.9. The van der Waals surface area contributed by atoms with Gasteiger partial charge >= 0.3 is 0 Å². The molecule has 2 N–H and O–H groups in total. The maximum atomic E-state index is 12.0. The van der Waals surface area contributed by atoms with E-state index in [0.717, 1.165) is 25.7 Å². The lowest BCUT2D eigenvalue weighted by atomic mass is 9.97. The van der Waals surface area contributed by atoms with Crippen LogP contribution in [0.3, 0.4) is 0 Å². The summed E-state index contributed by atoms with van der Waals surface area (Å²) in [6, 6.07) is 0. The monoisotopic (exact) mass is 409 g/mol. The number of unbranched alkanes of at least 4 members (excludes halogenated alkanes) is 13. The third-order valence-electron chi connectivity index (χ3n) is 5.76. The number of nitrogens with one attached hydrogen (secondary N) is 1. The molecule has 0 aromatic heterocycles. The number of rotatable bonds is 21. The van der Waals surface area contributed by atoms with E-state index in [1.165, 1.54) is 83.5 Å². The first-order chi connectivity index (χ1) is 14.1. The van der Waals surface area contributed by atoms with Gasteiger partial charge in [0.05, 0.1) is 12.1 Å². The Morgan fingerprint density at radius 1 is 0.759 bits per heavy atom. The molecule has 0 aromatic carbocycles. The largest absolute Gasteiger partial charge is 0.394 e. The van der Waals surface area contributed by atoms with E-state index in [1.54, 1.807) is 0 Å². The summed E-state index contributed by atoms with van der Waals surface area (Å²) in [5, 5.41) is 12.5. The summed E-state index contributed by atoms with van der Waals surface area (Å²) in [5.41, 5.74) is -0.448. The second kappa shape index (κ2) is 20.4. The Bertz CT molecular complexity index is 394. The molecule has 3 nitrogen and oxygen atoms in total. The van der Waals surface area contributed by atoms with Crippen molar-refractivity contribution in [1.29, 1.82) is 0 Å². The van der Waals surface area contributed by atoms with Gasteiger partial charge in [-0.1, -0.05) is 96.6 Å². The van der Waals surface area contributed by atoms with Crippen LogP contribution in [0, 0.1) is 0 Å². The van der Waals surface area contributed by atoms with Crippen LogP contribution in [0.2, 0.25) is 0 Å². The van der Waals surface area contributed by atoms with E-state index in [0.29, 0.717) is 6.42 Å². The molecule has 0 bridgehead atoms. The Hall–Kier alpha value is -0.830. The number of carbonyl (C=O) groups is 1. The first-order valence-electron chi connectivity index (χ1n) is 12.6. The molecule has 0 spiro atoms. The first kappa shape index (κ1) is 28.2. The number of carbonyl (C=O) groups excluding carboxylic acids is 1. The molecule has 0 rings (SSSR count). The Labute approximate surface area is 182 Å². The van der Waals surface area contributed by atoms with Crippen molar-refractivity contribution in [3.63, 3.8) is 0 Å². The van der Waals surface area contributed by atoms with E-state index in [-0.39, 0.29) is 12.5 Å². The number of aliphatic hydroxyl groups is 1. The maximum Gasteiger partial charge on any atom is 0.220 e. The third-order valence-corrected chi connectivity index (χ3v) is 5.76. The first-order valence-corrected chi connectivity index (χ1v) is 12.6. The van der Waals surface area contributed by atoms with Crippen molar-refractivity contribution < 1.29 is 9.90 Å². The highest BCUT2D eigenvalue weighted by atomic mass is 16.3. The number of aliphatic hydroxyl groups excluding tert-OH is 1. The SMILES string of the molecule is CCCCCCC=CCCCCCCCCCCCC(=O)NC(C)(CO)CCC.